The Bertz CT molecular complexity index is 589. The van der Waals surface area contributed by atoms with Crippen LogP contribution in [0.4, 0.5) is 0 Å². The first kappa shape index (κ1) is 53.9. The third-order valence-electron chi connectivity index (χ3n) is 3.29. The number of rotatable bonds is 4. The third kappa shape index (κ3) is 32.9. The molecule has 0 spiro atoms. The zero-order valence-corrected chi connectivity index (χ0v) is 23.9. The van der Waals surface area contributed by atoms with Crippen LogP contribution < -0.4 is 0 Å². The molecule has 0 fully saturated rings. The summed E-state index contributed by atoms with van der Waals surface area (Å²) in [6.45, 7) is 12.3. The van der Waals surface area contributed by atoms with Gasteiger partial charge in [0.05, 0.1) is 0 Å². The Hall–Kier alpha value is -3.23. The predicted octanol–water partition coefficient (Wildman–Crippen LogP) is 3.64. The maximum absolute atomic E-state index is 8.03. The molecular weight excluding hydrogens is 574 g/mol. The minimum atomic E-state index is 0. The second kappa shape index (κ2) is 36.3. The van der Waals surface area contributed by atoms with E-state index in [1.807, 2.05) is 0 Å². The summed E-state index contributed by atoms with van der Waals surface area (Å²) < 4.78 is 0. The van der Waals surface area contributed by atoms with E-state index in [1.54, 1.807) is 0 Å². The van der Waals surface area contributed by atoms with E-state index in [0.717, 1.165) is 0 Å². The number of oxime groups is 8. The van der Waals surface area contributed by atoms with Gasteiger partial charge >= 0.3 is 0 Å². The fourth-order valence-corrected chi connectivity index (χ4v) is 0.579. The van der Waals surface area contributed by atoms with Crippen LogP contribution in [0.15, 0.2) is 41.2 Å². The first-order valence-electron chi connectivity index (χ1n) is 8.39. The summed E-state index contributed by atoms with van der Waals surface area (Å²) in [5.41, 5.74) is 2.50. The van der Waals surface area contributed by atoms with Gasteiger partial charge in [0.25, 0.3) is 0 Å². The molecular formula is C18H38Co2N8O8-2. The Balaban J connectivity index is -0.0000000467. The molecule has 8 N–H and O–H groups in total. The Morgan fingerprint density at radius 2 is 0.333 bits per heavy atom. The largest absolute Gasteiger partial charge is 0.411 e. The molecule has 2 radical (unpaired) electrons. The van der Waals surface area contributed by atoms with Crippen molar-refractivity contribution in [1.82, 2.24) is 0 Å². The summed E-state index contributed by atoms with van der Waals surface area (Å²) >= 11 is 0. The van der Waals surface area contributed by atoms with Crippen molar-refractivity contribution in [2.75, 3.05) is 0 Å². The van der Waals surface area contributed by atoms with Crippen molar-refractivity contribution in [3.8, 4) is 0 Å². The monoisotopic (exact) mass is 612 g/mol. The van der Waals surface area contributed by atoms with Gasteiger partial charge in [0, 0.05) is 33.6 Å². The first-order chi connectivity index (χ1) is 14.9. The molecule has 0 aliphatic carbocycles. The van der Waals surface area contributed by atoms with E-state index in [-0.39, 0.29) is 48.4 Å². The van der Waals surface area contributed by atoms with Crippen molar-refractivity contribution in [1.29, 1.82) is 0 Å². The molecule has 0 aromatic heterocycles. The molecule has 0 unspecified atom stereocenters. The van der Waals surface area contributed by atoms with Gasteiger partial charge in [-0.25, -0.2) is 0 Å². The van der Waals surface area contributed by atoms with E-state index >= 15 is 0 Å². The molecule has 0 heterocycles. The van der Waals surface area contributed by atoms with Gasteiger partial charge in [0.15, 0.2) is 0 Å². The summed E-state index contributed by atoms with van der Waals surface area (Å²) in [5, 5.41) is 86.5. The van der Waals surface area contributed by atoms with Gasteiger partial charge in [-0.05, 0) is 55.4 Å². The van der Waals surface area contributed by atoms with Crippen molar-refractivity contribution in [2.24, 2.45) is 41.2 Å². The summed E-state index contributed by atoms with van der Waals surface area (Å²) in [6, 6.07) is 0. The molecule has 0 bridgehead atoms. The molecule has 0 rings (SSSR count). The van der Waals surface area contributed by atoms with Gasteiger partial charge in [-0.3, -0.25) is 0 Å². The van der Waals surface area contributed by atoms with Crippen LogP contribution >= 0.6 is 0 Å². The van der Waals surface area contributed by atoms with Crippen LogP contribution in [0.3, 0.4) is 0 Å². The van der Waals surface area contributed by atoms with E-state index in [4.69, 9.17) is 41.7 Å². The van der Waals surface area contributed by atoms with E-state index in [1.165, 1.54) is 55.4 Å². The topological polar surface area (TPSA) is 261 Å². The zero-order valence-electron chi connectivity index (χ0n) is 21.8. The average Bonchev–Trinajstić information content (AvgIpc) is 2.85. The Morgan fingerprint density at radius 3 is 0.361 bits per heavy atom. The summed E-state index contributed by atoms with van der Waals surface area (Å²) in [4.78, 5) is 0. The quantitative estimate of drug-likeness (QED) is 0.100. The molecule has 36 heavy (non-hydrogen) atoms. The minimum Gasteiger partial charge on any atom is -0.411 e. The smallest absolute Gasteiger partial charge is 0.101 e. The number of hydrogen-bond acceptors (Lipinski definition) is 16. The molecule has 18 heteroatoms. The Labute approximate surface area is 232 Å². The van der Waals surface area contributed by atoms with Crippen LogP contribution in [0.1, 0.15) is 55.4 Å². The molecule has 0 aromatic rings. The number of nitrogens with zero attached hydrogens (tertiary/aromatic N) is 8. The fourth-order valence-electron chi connectivity index (χ4n) is 0.579. The van der Waals surface area contributed by atoms with E-state index in [0.29, 0.717) is 45.7 Å². The SMILES string of the molecule is CC(=N\O)/C(C)=N/O.CC(=N\O)/C(C)=N/O.CC(=N\O)/C(C)=N/O.CC(=N\O)/C(C)=N/O.[CH3-].[CH3-].[Co].[Co]. The van der Waals surface area contributed by atoms with Crippen LogP contribution in [0.25, 0.3) is 0 Å². The van der Waals surface area contributed by atoms with Crippen molar-refractivity contribution in [3.63, 3.8) is 0 Å². The van der Waals surface area contributed by atoms with Gasteiger partial charge < -0.3 is 56.5 Å². The second-order valence-electron chi connectivity index (χ2n) is 5.48. The van der Waals surface area contributed by atoms with Gasteiger partial charge in [-0.2, -0.15) is 0 Å². The van der Waals surface area contributed by atoms with Crippen LogP contribution in [0.2, 0.25) is 0 Å². The van der Waals surface area contributed by atoms with Crippen molar-refractivity contribution in [3.05, 3.63) is 14.9 Å². The zero-order chi connectivity index (χ0) is 26.3. The van der Waals surface area contributed by atoms with Gasteiger partial charge in [-0.1, -0.05) is 41.2 Å². The summed E-state index contributed by atoms with van der Waals surface area (Å²) in [7, 11) is 0. The van der Waals surface area contributed by atoms with Crippen LogP contribution in [-0.4, -0.2) is 87.4 Å². The van der Waals surface area contributed by atoms with Gasteiger partial charge in [-0.15, -0.1) is 0 Å². The van der Waals surface area contributed by atoms with Gasteiger partial charge in [0.1, 0.15) is 45.7 Å². The fraction of sp³-hybridized carbons (Fsp3) is 0.444. The Morgan fingerprint density at radius 1 is 0.278 bits per heavy atom. The van der Waals surface area contributed by atoms with E-state index < -0.39 is 0 Å². The molecule has 0 saturated heterocycles. The molecule has 218 valence electrons. The van der Waals surface area contributed by atoms with Crippen LogP contribution in [0.5, 0.6) is 0 Å². The van der Waals surface area contributed by atoms with Crippen LogP contribution in [-0.2, 0) is 33.6 Å². The third-order valence-corrected chi connectivity index (χ3v) is 3.29. The van der Waals surface area contributed by atoms with Gasteiger partial charge in [0.2, 0.25) is 0 Å². The first-order valence-corrected chi connectivity index (χ1v) is 8.39. The molecule has 0 amide bonds. The standard InChI is InChI=1S/4C4H8N2O2.2CH3.2Co/c4*1-3(5-7)4(2)6-8;;;;/h4*7-8H,1-2H3;2*1H3;;/q;;;;2*-1;;/b4*5-3+,6-4+;;;;. The van der Waals surface area contributed by atoms with E-state index in [9.17, 15) is 0 Å². The summed E-state index contributed by atoms with van der Waals surface area (Å²) in [5.74, 6) is 0. The molecule has 0 aliphatic rings. The molecule has 0 atom stereocenters. The maximum atomic E-state index is 8.03. The van der Waals surface area contributed by atoms with Crippen LogP contribution in [0, 0.1) is 14.9 Å². The predicted molar refractivity (Wildman–Crippen MR) is 132 cm³/mol. The normalized spacial score (nSPS) is 12.7. The molecule has 0 saturated carbocycles. The van der Waals surface area contributed by atoms with E-state index in [2.05, 4.69) is 41.2 Å². The molecule has 16 nitrogen and oxygen atoms in total. The average molecular weight is 612 g/mol. The maximum Gasteiger partial charge on any atom is 0.101 e. The number of hydrogen-bond donors (Lipinski definition) is 8. The molecule has 0 aromatic carbocycles. The van der Waals surface area contributed by atoms with Crippen molar-refractivity contribution in [2.45, 2.75) is 55.4 Å². The molecule has 0 aliphatic heterocycles. The van der Waals surface area contributed by atoms with Crippen molar-refractivity contribution >= 4 is 45.7 Å². The van der Waals surface area contributed by atoms with Crippen molar-refractivity contribution < 1.29 is 75.2 Å². The Kier molecular flexibility index (Phi) is 54.4. The second-order valence-corrected chi connectivity index (χ2v) is 5.48. The summed E-state index contributed by atoms with van der Waals surface area (Å²) in [6.07, 6.45) is 0. The minimum absolute atomic E-state index is 0.